The number of hydrogen-bond donors (Lipinski definition) is 2. The molecular formula is C27H27NO5. The highest BCUT2D eigenvalue weighted by molar-refractivity contribution is 5.81. The lowest BCUT2D eigenvalue weighted by Gasteiger charge is -2.19. The number of carbonyl (C=O) groups excluding carboxylic acids is 2. The number of allylic oxidation sites excluding steroid dienone is 1. The van der Waals surface area contributed by atoms with Crippen molar-refractivity contribution in [3.63, 3.8) is 0 Å². The molecule has 0 fully saturated rings. The van der Waals surface area contributed by atoms with Crippen molar-refractivity contribution in [1.29, 1.82) is 0 Å². The summed E-state index contributed by atoms with van der Waals surface area (Å²) in [5.74, 6) is -0.700. The van der Waals surface area contributed by atoms with Gasteiger partial charge in [-0.3, -0.25) is 0 Å². The van der Waals surface area contributed by atoms with Crippen molar-refractivity contribution in [2.24, 2.45) is 0 Å². The van der Waals surface area contributed by atoms with E-state index in [-0.39, 0.29) is 24.7 Å². The zero-order valence-corrected chi connectivity index (χ0v) is 18.4. The van der Waals surface area contributed by atoms with Crippen molar-refractivity contribution in [3.05, 3.63) is 114 Å². The van der Waals surface area contributed by atoms with Crippen LogP contribution in [0.15, 0.2) is 91.5 Å². The van der Waals surface area contributed by atoms with Gasteiger partial charge in [0.2, 0.25) is 0 Å². The summed E-state index contributed by atoms with van der Waals surface area (Å²) >= 11 is 0. The van der Waals surface area contributed by atoms with Gasteiger partial charge in [-0.25, -0.2) is 9.59 Å². The molecule has 6 heteroatoms. The van der Waals surface area contributed by atoms with Gasteiger partial charge in [0.05, 0.1) is 7.11 Å². The van der Waals surface area contributed by atoms with Crippen LogP contribution in [0.25, 0.3) is 0 Å². The Morgan fingerprint density at radius 3 is 2.30 bits per heavy atom. The maximum atomic E-state index is 12.3. The van der Waals surface area contributed by atoms with Crippen LogP contribution >= 0.6 is 0 Å². The third-order valence-corrected chi connectivity index (χ3v) is 5.25. The third-order valence-electron chi connectivity index (χ3n) is 5.25. The normalized spacial score (nSPS) is 12.3. The Balaban J connectivity index is 1.75. The Hall–Kier alpha value is -4.06. The van der Waals surface area contributed by atoms with Gasteiger partial charge in [-0.2, -0.15) is 0 Å². The Morgan fingerprint density at radius 2 is 1.67 bits per heavy atom. The summed E-state index contributed by atoms with van der Waals surface area (Å²) in [7, 11) is 1.26. The molecule has 0 heterocycles. The molecular weight excluding hydrogens is 418 g/mol. The average molecular weight is 446 g/mol. The van der Waals surface area contributed by atoms with Gasteiger partial charge in [0.25, 0.3) is 0 Å². The van der Waals surface area contributed by atoms with Gasteiger partial charge < -0.3 is 19.9 Å². The minimum Gasteiger partial charge on any atom is -0.508 e. The molecule has 0 aliphatic carbocycles. The lowest BCUT2D eigenvalue weighted by atomic mass is 9.89. The van der Waals surface area contributed by atoms with Crippen molar-refractivity contribution in [1.82, 2.24) is 5.32 Å². The van der Waals surface area contributed by atoms with Gasteiger partial charge in [0, 0.05) is 17.9 Å². The first-order valence-electron chi connectivity index (χ1n) is 10.6. The van der Waals surface area contributed by atoms with E-state index < -0.39 is 18.1 Å². The molecule has 0 radical (unpaired) electrons. The minimum atomic E-state index is -0.949. The van der Waals surface area contributed by atoms with Crippen LogP contribution < -0.4 is 5.32 Å². The van der Waals surface area contributed by atoms with E-state index in [1.807, 2.05) is 66.7 Å². The van der Waals surface area contributed by atoms with Crippen molar-refractivity contribution in [2.75, 3.05) is 7.11 Å². The molecule has 0 aliphatic rings. The van der Waals surface area contributed by atoms with Crippen LogP contribution in [0.1, 0.15) is 28.2 Å². The van der Waals surface area contributed by atoms with Crippen LogP contribution in [-0.2, 0) is 27.3 Å². The summed E-state index contributed by atoms with van der Waals surface area (Å²) in [5, 5.41) is 13.1. The second kappa shape index (κ2) is 11.5. The second-order valence-corrected chi connectivity index (χ2v) is 7.50. The number of hydrogen-bond acceptors (Lipinski definition) is 5. The molecule has 0 saturated carbocycles. The summed E-state index contributed by atoms with van der Waals surface area (Å²) in [6.07, 6.45) is 1.20. The van der Waals surface area contributed by atoms with Crippen molar-refractivity contribution in [3.8, 4) is 5.75 Å². The number of phenols is 1. The van der Waals surface area contributed by atoms with Gasteiger partial charge in [-0.1, -0.05) is 78.9 Å². The number of amides is 1. The fourth-order valence-corrected chi connectivity index (χ4v) is 3.56. The van der Waals surface area contributed by atoms with Crippen molar-refractivity contribution < 1.29 is 24.2 Å². The SMILES string of the molecule is C=CC(c1ccccc1)c1cc(C[C@H](NC(=O)OCc2ccccc2)C(=O)OC)ccc1O. The Kier molecular flexibility index (Phi) is 8.24. The van der Waals surface area contributed by atoms with E-state index in [1.165, 1.54) is 7.11 Å². The van der Waals surface area contributed by atoms with Gasteiger partial charge >= 0.3 is 12.1 Å². The van der Waals surface area contributed by atoms with Crippen molar-refractivity contribution >= 4 is 12.1 Å². The molecule has 1 amide bonds. The number of ether oxygens (including phenoxy) is 2. The number of nitrogens with one attached hydrogen (secondary N) is 1. The first kappa shape index (κ1) is 23.6. The third kappa shape index (κ3) is 6.46. The fourth-order valence-electron chi connectivity index (χ4n) is 3.56. The second-order valence-electron chi connectivity index (χ2n) is 7.50. The predicted molar refractivity (Wildman–Crippen MR) is 126 cm³/mol. The maximum Gasteiger partial charge on any atom is 0.408 e. The van der Waals surface area contributed by atoms with Gasteiger partial charge in [-0.05, 0) is 22.8 Å². The number of alkyl carbamates (subject to hydrolysis) is 1. The molecule has 170 valence electrons. The molecule has 0 aliphatic heterocycles. The number of esters is 1. The molecule has 0 bridgehead atoms. The highest BCUT2D eigenvalue weighted by Gasteiger charge is 2.24. The number of rotatable bonds is 9. The zero-order valence-electron chi connectivity index (χ0n) is 18.4. The average Bonchev–Trinajstić information content (AvgIpc) is 2.85. The number of carbonyl (C=O) groups is 2. The fraction of sp³-hybridized carbons (Fsp3) is 0.185. The Labute approximate surface area is 193 Å². The highest BCUT2D eigenvalue weighted by Crippen LogP contribution is 2.33. The van der Waals surface area contributed by atoms with E-state index >= 15 is 0 Å². The molecule has 2 atom stereocenters. The van der Waals surface area contributed by atoms with Crippen LogP contribution in [0.3, 0.4) is 0 Å². The quantitative estimate of drug-likeness (QED) is 0.368. The Morgan fingerprint density at radius 1 is 1.00 bits per heavy atom. The smallest absolute Gasteiger partial charge is 0.408 e. The zero-order chi connectivity index (χ0) is 23.6. The van der Waals surface area contributed by atoms with Crippen LogP contribution in [0, 0.1) is 0 Å². The standard InChI is InChI=1S/C27H27NO5/c1-3-22(21-12-8-5-9-13-21)23-16-20(14-15-25(23)29)17-24(26(30)32-2)28-27(31)33-18-19-10-6-4-7-11-19/h3-16,22,24,29H,1,17-18H2,2H3,(H,28,31)/t22?,24-/m0/s1. The molecule has 6 nitrogen and oxygen atoms in total. The summed E-state index contributed by atoms with van der Waals surface area (Å²) in [4.78, 5) is 24.6. The molecule has 1 unspecified atom stereocenters. The molecule has 0 aromatic heterocycles. The van der Waals surface area contributed by atoms with E-state index in [4.69, 9.17) is 9.47 Å². The molecule has 3 aromatic rings. The number of benzene rings is 3. The lowest BCUT2D eigenvalue weighted by Crippen LogP contribution is -2.43. The summed E-state index contributed by atoms with van der Waals surface area (Å²) in [5.41, 5.74) is 3.21. The largest absolute Gasteiger partial charge is 0.508 e. The highest BCUT2D eigenvalue weighted by atomic mass is 16.6. The van der Waals surface area contributed by atoms with E-state index in [1.54, 1.807) is 18.2 Å². The van der Waals surface area contributed by atoms with Crippen LogP contribution in [0.5, 0.6) is 5.75 Å². The van der Waals surface area contributed by atoms with Crippen LogP contribution in [0.4, 0.5) is 4.79 Å². The topological polar surface area (TPSA) is 84.9 Å². The summed E-state index contributed by atoms with van der Waals surface area (Å²) in [6, 6.07) is 23.1. The molecule has 3 rings (SSSR count). The number of methoxy groups -OCH3 is 1. The van der Waals surface area contributed by atoms with Gasteiger partial charge in [0.15, 0.2) is 0 Å². The minimum absolute atomic E-state index is 0.0853. The van der Waals surface area contributed by atoms with Crippen LogP contribution in [-0.4, -0.2) is 30.3 Å². The monoisotopic (exact) mass is 445 g/mol. The van der Waals surface area contributed by atoms with Crippen LogP contribution in [0.2, 0.25) is 0 Å². The first-order valence-corrected chi connectivity index (χ1v) is 10.6. The van der Waals surface area contributed by atoms with E-state index in [0.29, 0.717) is 5.56 Å². The maximum absolute atomic E-state index is 12.3. The summed E-state index contributed by atoms with van der Waals surface area (Å²) < 4.78 is 10.1. The van der Waals surface area contributed by atoms with Gasteiger partial charge in [-0.15, -0.1) is 6.58 Å². The van der Waals surface area contributed by atoms with Gasteiger partial charge in [0.1, 0.15) is 18.4 Å². The molecule has 33 heavy (non-hydrogen) atoms. The molecule has 2 N–H and O–H groups in total. The number of phenolic OH excluding ortho intramolecular Hbond substituents is 1. The molecule has 0 saturated heterocycles. The first-order chi connectivity index (χ1) is 16.0. The van der Waals surface area contributed by atoms with E-state index in [2.05, 4.69) is 11.9 Å². The predicted octanol–water partition coefficient (Wildman–Crippen LogP) is 4.72. The summed E-state index contributed by atoms with van der Waals surface area (Å²) in [6.45, 7) is 4.00. The Bertz CT molecular complexity index is 1080. The lowest BCUT2D eigenvalue weighted by molar-refractivity contribution is -0.143. The van der Waals surface area contributed by atoms with E-state index in [9.17, 15) is 14.7 Å². The van der Waals surface area contributed by atoms with E-state index in [0.717, 1.165) is 16.7 Å². The van der Waals surface area contributed by atoms with Crippen molar-refractivity contribution in [2.45, 2.75) is 25.0 Å². The molecule has 0 spiro atoms. The molecule has 3 aromatic carbocycles. The number of aromatic hydroxyl groups is 1.